The van der Waals surface area contributed by atoms with Gasteiger partial charge in [0.05, 0.1) is 5.75 Å². The molecule has 3 aromatic rings. The van der Waals surface area contributed by atoms with Gasteiger partial charge in [0, 0.05) is 43.0 Å². The van der Waals surface area contributed by atoms with Gasteiger partial charge in [0.1, 0.15) is 16.2 Å². The van der Waals surface area contributed by atoms with Crippen LogP contribution in [0.4, 0.5) is 0 Å². The lowest BCUT2D eigenvalue weighted by Gasteiger charge is -2.34. The number of fused-ring (bicyclic) bond motifs is 2. The molecule has 0 radical (unpaired) electrons. The smallest absolute Gasteiger partial charge is 0.233 e. The van der Waals surface area contributed by atoms with Crippen LogP contribution in [0, 0.1) is 0 Å². The molecule has 9 heteroatoms. The highest BCUT2D eigenvalue weighted by molar-refractivity contribution is 8.00. The van der Waals surface area contributed by atoms with E-state index in [0.29, 0.717) is 12.5 Å². The van der Waals surface area contributed by atoms with Crippen molar-refractivity contribution in [1.82, 2.24) is 19.8 Å². The van der Waals surface area contributed by atoms with Crippen LogP contribution in [0.5, 0.6) is 11.5 Å². The largest absolute Gasteiger partial charge is 0.454 e. The maximum atomic E-state index is 12.8. The molecule has 0 unspecified atom stereocenters. The van der Waals surface area contributed by atoms with Gasteiger partial charge in [-0.25, -0.2) is 9.97 Å². The zero-order chi connectivity index (χ0) is 21.2. The number of aryl methyl sites for hydroxylation is 1. The predicted octanol–water partition coefficient (Wildman–Crippen LogP) is 3.42. The summed E-state index contributed by atoms with van der Waals surface area (Å²) in [5.74, 6) is 2.21. The second kappa shape index (κ2) is 9.02. The zero-order valence-electron chi connectivity index (χ0n) is 17.4. The third-order valence-corrected chi connectivity index (χ3v) is 7.77. The second-order valence-corrected chi connectivity index (χ2v) is 9.68. The standard InChI is InChI=1S/C22H24N4O3S2/c1-2-16-10-17-21(23-13-24-22(17)31-16)30-12-20(27)26-7-5-25(6-8-26)11-15-3-4-18-19(9-15)29-14-28-18/h3-4,9-10,13H,2,5-8,11-12,14H2,1H3. The molecule has 162 valence electrons. The number of thioether (sulfide) groups is 1. The highest BCUT2D eigenvalue weighted by Crippen LogP contribution is 2.33. The average Bonchev–Trinajstić information content (AvgIpc) is 3.44. The lowest BCUT2D eigenvalue weighted by molar-refractivity contribution is -0.130. The molecule has 1 aromatic carbocycles. The Balaban J connectivity index is 1.13. The summed E-state index contributed by atoms with van der Waals surface area (Å²) in [5.41, 5.74) is 1.20. The maximum absolute atomic E-state index is 12.8. The molecule has 0 N–H and O–H groups in total. The van der Waals surface area contributed by atoms with Gasteiger partial charge in [-0.1, -0.05) is 24.8 Å². The number of hydrogen-bond acceptors (Lipinski definition) is 8. The summed E-state index contributed by atoms with van der Waals surface area (Å²) < 4.78 is 10.9. The Morgan fingerprint density at radius 2 is 1.97 bits per heavy atom. The highest BCUT2D eigenvalue weighted by Gasteiger charge is 2.22. The molecule has 4 heterocycles. The van der Waals surface area contributed by atoms with Crippen LogP contribution in [0.2, 0.25) is 0 Å². The van der Waals surface area contributed by atoms with Crippen molar-refractivity contribution in [1.29, 1.82) is 0 Å². The third kappa shape index (κ3) is 4.49. The minimum Gasteiger partial charge on any atom is -0.454 e. The summed E-state index contributed by atoms with van der Waals surface area (Å²) in [6.07, 6.45) is 2.58. The van der Waals surface area contributed by atoms with E-state index in [1.165, 1.54) is 22.2 Å². The first-order valence-corrected chi connectivity index (χ1v) is 12.2. The summed E-state index contributed by atoms with van der Waals surface area (Å²) in [5, 5.41) is 1.96. The molecule has 7 nitrogen and oxygen atoms in total. The first-order chi connectivity index (χ1) is 15.2. The topological polar surface area (TPSA) is 67.8 Å². The number of benzene rings is 1. The summed E-state index contributed by atoms with van der Waals surface area (Å²) in [6, 6.07) is 8.25. The third-order valence-electron chi connectivity index (χ3n) is 5.59. The van der Waals surface area contributed by atoms with E-state index >= 15 is 0 Å². The number of piperazine rings is 1. The lowest BCUT2D eigenvalue weighted by atomic mass is 10.1. The van der Waals surface area contributed by atoms with Gasteiger partial charge < -0.3 is 14.4 Å². The Morgan fingerprint density at radius 3 is 2.81 bits per heavy atom. The van der Waals surface area contributed by atoms with E-state index in [-0.39, 0.29) is 5.91 Å². The fourth-order valence-corrected chi connectivity index (χ4v) is 5.72. The predicted molar refractivity (Wildman–Crippen MR) is 122 cm³/mol. The second-order valence-electron chi connectivity index (χ2n) is 7.60. The van der Waals surface area contributed by atoms with Gasteiger partial charge in [0.15, 0.2) is 11.5 Å². The van der Waals surface area contributed by atoms with Gasteiger partial charge in [-0.05, 0) is 30.2 Å². The SMILES string of the molecule is CCc1cc2c(SCC(=O)N3CCN(Cc4ccc5c(c4)OCO5)CC3)ncnc2s1. The first kappa shape index (κ1) is 20.5. The van der Waals surface area contributed by atoms with Gasteiger partial charge in [-0.15, -0.1) is 11.3 Å². The quantitative estimate of drug-likeness (QED) is 0.416. The van der Waals surface area contributed by atoms with Crippen LogP contribution in [0.15, 0.2) is 35.6 Å². The fraction of sp³-hybridized carbons (Fsp3) is 0.409. The van der Waals surface area contributed by atoms with Crippen LogP contribution in [0.1, 0.15) is 17.4 Å². The van der Waals surface area contributed by atoms with Gasteiger partial charge in [0.2, 0.25) is 12.7 Å². The normalized spacial score (nSPS) is 16.2. The van der Waals surface area contributed by atoms with Crippen molar-refractivity contribution in [3.05, 3.63) is 41.0 Å². The molecule has 2 aromatic heterocycles. The van der Waals surface area contributed by atoms with Gasteiger partial charge >= 0.3 is 0 Å². The first-order valence-electron chi connectivity index (χ1n) is 10.4. The molecule has 1 fully saturated rings. The molecule has 1 amide bonds. The molecular weight excluding hydrogens is 432 g/mol. The molecule has 2 aliphatic heterocycles. The Bertz CT molecular complexity index is 1100. The van der Waals surface area contributed by atoms with Crippen molar-refractivity contribution in [3.8, 4) is 11.5 Å². The molecular formula is C22H24N4O3S2. The van der Waals surface area contributed by atoms with Crippen molar-refractivity contribution in [3.63, 3.8) is 0 Å². The summed E-state index contributed by atoms with van der Waals surface area (Å²) >= 11 is 3.22. The summed E-state index contributed by atoms with van der Waals surface area (Å²) in [7, 11) is 0. The molecule has 5 rings (SSSR count). The number of hydrogen-bond donors (Lipinski definition) is 0. The summed E-state index contributed by atoms with van der Waals surface area (Å²) in [6.45, 7) is 6.53. The molecule has 31 heavy (non-hydrogen) atoms. The molecule has 0 atom stereocenters. The minimum absolute atomic E-state index is 0.172. The molecule has 1 saturated heterocycles. The molecule has 0 spiro atoms. The Morgan fingerprint density at radius 1 is 1.13 bits per heavy atom. The number of thiophene rings is 1. The number of carbonyl (C=O) groups excluding carboxylic acids is 1. The van der Waals surface area contributed by atoms with Gasteiger partial charge in [-0.3, -0.25) is 9.69 Å². The van der Waals surface area contributed by atoms with Crippen molar-refractivity contribution < 1.29 is 14.3 Å². The number of amides is 1. The van der Waals surface area contributed by atoms with Crippen LogP contribution < -0.4 is 9.47 Å². The zero-order valence-corrected chi connectivity index (χ0v) is 19.0. The van der Waals surface area contributed by atoms with E-state index < -0.39 is 0 Å². The highest BCUT2D eigenvalue weighted by atomic mass is 32.2. The van der Waals surface area contributed by atoms with Crippen LogP contribution in [-0.2, 0) is 17.8 Å². The van der Waals surface area contributed by atoms with Crippen molar-refractivity contribution >= 4 is 39.2 Å². The van der Waals surface area contributed by atoms with Crippen LogP contribution in [0.25, 0.3) is 10.2 Å². The van der Waals surface area contributed by atoms with Crippen LogP contribution >= 0.6 is 23.1 Å². The van der Waals surface area contributed by atoms with E-state index in [2.05, 4.69) is 33.9 Å². The number of rotatable bonds is 6. The van der Waals surface area contributed by atoms with E-state index in [9.17, 15) is 4.79 Å². The van der Waals surface area contributed by atoms with Gasteiger partial charge in [0.25, 0.3) is 0 Å². The monoisotopic (exact) mass is 456 g/mol. The minimum atomic E-state index is 0.172. The maximum Gasteiger partial charge on any atom is 0.233 e. The lowest BCUT2D eigenvalue weighted by Crippen LogP contribution is -2.48. The van der Waals surface area contributed by atoms with Gasteiger partial charge in [-0.2, -0.15) is 0 Å². The Hall–Kier alpha value is -2.36. The van der Waals surface area contributed by atoms with E-state index in [1.807, 2.05) is 17.0 Å². The van der Waals surface area contributed by atoms with Crippen molar-refractivity contribution in [2.45, 2.75) is 24.9 Å². The number of carbonyl (C=O) groups is 1. The van der Waals surface area contributed by atoms with E-state index in [4.69, 9.17) is 9.47 Å². The molecule has 0 bridgehead atoms. The van der Waals surface area contributed by atoms with Crippen molar-refractivity contribution in [2.75, 3.05) is 38.7 Å². The number of nitrogens with zero attached hydrogens (tertiary/aromatic N) is 4. The Kier molecular flexibility index (Phi) is 5.97. The van der Waals surface area contributed by atoms with Crippen LogP contribution in [-0.4, -0.2) is 64.4 Å². The summed E-state index contributed by atoms with van der Waals surface area (Å²) in [4.78, 5) is 28.2. The van der Waals surface area contributed by atoms with Crippen molar-refractivity contribution in [2.24, 2.45) is 0 Å². The number of aromatic nitrogens is 2. The van der Waals surface area contributed by atoms with E-state index in [0.717, 1.165) is 65.9 Å². The molecule has 0 aliphatic carbocycles. The number of ether oxygens (including phenoxy) is 2. The fourth-order valence-electron chi connectivity index (χ4n) is 3.85. The Labute approximate surface area is 189 Å². The van der Waals surface area contributed by atoms with Crippen LogP contribution in [0.3, 0.4) is 0 Å². The molecule has 2 aliphatic rings. The van der Waals surface area contributed by atoms with E-state index in [1.54, 1.807) is 17.7 Å². The molecule has 0 saturated carbocycles. The average molecular weight is 457 g/mol.